The predicted molar refractivity (Wildman–Crippen MR) is 111 cm³/mol. The fraction of sp³-hybridized carbons (Fsp3) is 0.500. The van der Waals surface area contributed by atoms with E-state index in [-0.39, 0.29) is 25.5 Å². The Labute approximate surface area is 184 Å². The zero-order valence-electron chi connectivity index (χ0n) is 18.8. The van der Waals surface area contributed by atoms with Gasteiger partial charge in [-0.3, -0.25) is 0 Å². The number of benzene rings is 2. The molecule has 0 aliphatic heterocycles. The summed E-state index contributed by atoms with van der Waals surface area (Å²) in [5, 5.41) is 0. The summed E-state index contributed by atoms with van der Waals surface area (Å²) < 4.78 is 89.7. The number of rotatable bonds is 6. The second kappa shape index (κ2) is 12.8. The van der Waals surface area contributed by atoms with E-state index < -0.39 is 17.8 Å². The highest BCUT2D eigenvalue weighted by molar-refractivity contribution is 5.40. The minimum Gasteiger partial charge on any atom is -0.207 e. The van der Waals surface area contributed by atoms with E-state index in [1.165, 1.54) is 12.1 Å². The first kappa shape index (κ1) is 29.9. The summed E-state index contributed by atoms with van der Waals surface area (Å²) in [6.45, 7) is 6.79. The summed E-state index contributed by atoms with van der Waals surface area (Å²) >= 11 is 0. The van der Waals surface area contributed by atoms with Gasteiger partial charge in [-0.15, -0.1) is 0 Å². The molecule has 0 spiro atoms. The molecule has 1 atom stereocenters. The fourth-order valence-electron chi connectivity index (χ4n) is 3.51. The third-order valence-electron chi connectivity index (χ3n) is 4.80. The van der Waals surface area contributed by atoms with Crippen molar-refractivity contribution < 1.29 is 35.1 Å². The molecule has 0 nitrogen and oxygen atoms in total. The van der Waals surface area contributed by atoms with Gasteiger partial charge in [-0.2, -0.15) is 26.3 Å². The highest BCUT2D eigenvalue weighted by Crippen LogP contribution is 2.43. The molecule has 0 heterocycles. The van der Waals surface area contributed by atoms with Gasteiger partial charge in [-0.25, -0.2) is 8.78 Å². The number of halogens is 8. The first-order valence-corrected chi connectivity index (χ1v) is 10.2. The molecule has 2 aromatic rings. The van der Waals surface area contributed by atoms with E-state index in [0.29, 0.717) is 5.92 Å². The van der Waals surface area contributed by atoms with Crippen molar-refractivity contribution in [2.75, 3.05) is 0 Å². The van der Waals surface area contributed by atoms with Crippen molar-refractivity contribution in [2.45, 2.75) is 71.6 Å². The molecule has 2 aromatic carbocycles. The molecule has 0 N–H and O–H groups in total. The second-order valence-corrected chi connectivity index (χ2v) is 7.68. The predicted octanol–water partition coefficient (Wildman–Crippen LogP) is 9.23. The topological polar surface area (TPSA) is 0 Å². The molecule has 32 heavy (non-hydrogen) atoms. The summed E-state index contributed by atoms with van der Waals surface area (Å²) in [7, 11) is 0. The maximum atomic E-state index is 13.8. The lowest BCUT2D eigenvalue weighted by atomic mass is 9.65. The normalized spacial score (nSPS) is 12.8. The van der Waals surface area contributed by atoms with Gasteiger partial charge in [0.1, 0.15) is 11.6 Å². The van der Waals surface area contributed by atoms with Crippen LogP contribution in [0.2, 0.25) is 0 Å². The molecular weight excluding hydrogens is 440 g/mol. The van der Waals surface area contributed by atoms with Crippen LogP contribution in [0, 0.1) is 17.6 Å². The molecule has 0 amide bonds. The molecular formula is C24H30F8. The molecule has 1 unspecified atom stereocenters. The quantitative estimate of drug-likeness (QED) is 0.369. The SMILES string of the molecule is CC(F)(F)F.CC(F)(F)F.CCCC(CC)C(C)(c1cccc(F)c1)c1cccc(F)c1. The van der Waals surface area contributed by atoms with Crippen LogP contribution in [0.15, 0.2) is 48.5 Å². The summed E-state index contributed by atoms with van der Waals surface area (Å²) in [6.07, 6.45) is -4.95. The van der Waals surface area contributed by atoms with Gasteiger partial charge in [-0.05, 0) is 47.7 Å². The van der Waals surface area contributed by atoms with Crippen molar-refractivity contribution in [3.63, 3.8) is 0 Å². The van der Waals surface area contributed by atoms with E-state index in [1.54, 1.807) is 24.3 Å². The van der Waals surface area contributed by atoms with Crippen molar-refractivity contribution in [2.24, 2.45) is 5.92 Å². The van der Waals surface area contributed by atoms with E-state index in [0.717, 1.165) is 30.4 Å². The Morgan fingerprint density at radius 2 is 1.03 bits per heavy atom. The second-order valence-electron chi connectivity index (χ2n) is 7.68. The van der Waals surface area contributed by atoms with E-state index in [2.05, 4.69) is 20.8 Å². The molecule has 0 aliphatic carbocycles. The molecule has 0 radical (unpaired) electrons. The van der Waals surface area contributed by atoms with Crippen molar-refractivity contribution in [1.82, 2.24) is 0 Å². The Morgan fingerprint density at radius 3 is 1.28 bits per heavy atom. The summed E-state index contributed by atoms with van der Waals surface area (Å²) in [5.41, 5.74) is 1.44. The minimum absolute atomic E-state index is 0.188. The van der Waals surface area contributed by atoms with E-state index in [4.69, 9.17) is 0 Å². The lowest BCUT2D eigenvalue weighted by Gasteiger charge is -2.39. The standard InChI is InChI=1S/C20H24F2.2C2H3F3/c1-4-8-15(5-2)20(3,16-9-6-11-18(21)13-16)17-10-7-12-19(22)14-17;2*1-2(3,4)5/h6-7,9-15H,4-5,8H2,1-3H3;2*1H3. The Hall–Kier alpha value is -2.12. The maximum absolute atomic E-state index is 13.8. The highest BCUT2D eigenvalue weighted by atomic mass is 19.4. The largest absolute Gasteiger partial charge is 0.386 e. The Morgan fingerprint density at radius 1 is 0.688 bits per heavy atom. The van der Waals surface area contributed by atoms with Crippen molar-refractivity contribution >= 4 is 0 Å². The Bertz CT molecular complexity index is 724. The number of hydrogen-bond donors (Lipinski definition) is 0. The van der Waals surface area contributed by atoms with Crippen LogP contribution in [0.5, 0.6) is 0 Å². The van der Waals surface area contributed by atoms with Gasteiger partial charge in [0.2, 0.25) is 0 Å². The average Bonchev–Trinajstić information content (AvgIpc) is 2.63. The molecule has 0 aliphatic rings. The summed E-state index contributed by atoms with van der Waals surface area (Å²) in [4.78, 5) is 0. The van der Waals surface area contributed by atoms with Crippen LogP contribution in [-0.4, -0.2) is 12.4 Å². The van der Waals surface area contributed by atoms with Crippen LogP contribution in [-0.2, 0) is 5.41 Å². The van der Waals surface area contributed by atoms with Crippen LogP contribution < -0.4 is 0 Å². The highest BCUT2D eigenvalue weighted by Gasteiger charge is 2.36. The van der Waals surface area contributed by atoms with Gasteiger partial charge in [-0.1, -0.05) is 57.9 Å². The first-order valence-electron chi connectivity index (χ1n) is 10.2. The molecule has 0 fully saturated rings. The van der Waals surface area contributed by atoms with Crippen molar-refractivity contribution in [3.05, 3.63) is 71.3 Å². The molecule has 0 aromatic heterocycles. The van der Waals surface area contributed by atoms with Gasteiger partial charge >= 0.3 is 12.4 Å². The van der Waals surface area contributed by atoms with E-state index >= 15 is 0 Å². The van der Waals surface area contributed by atoms with Gasteiger partial charge in [0, 0.05) is 19.3 Å². The Kier molecular flexibility index (Phi) is 12.0. The lowest BCUT2D eigenvalue weighted by molar-refractivity contribution is -0.111. The summed E-state index contributed by atoms with van der Waals surface area (Å²) in [6, 6.07) is 13.5. The summed E-state index contributed by atoms with van der Waals surface area (Å²) in [5.74, 6) is -0.154. The van der Waals surface area contributed by atoms with Gasteiger partial charge in [0.25, 0.3) is 0 Å². The van der Waals surface area contributed by atoms with Crippen LogP contribution in [0.25, 0.3) is 0 Å². The third-order valence-corrected chi connectivity index (χ3v) is 4.80. The van der Waals surface area contributed by atoms with Crippen molar-refractivity contribution in [1.29, 1.82) is 0 Å². The first-order chi connectivity index (χ1) is 14.5. The third kappa shape index (κ3) is 12.1. The monoisotopic (exact) mass is 470 g/mol. The van der Waals surface area contributed by atoms with Crippen LogP contribution in [0.3, 0.4) is 0 Å². The molecule has 182 valence electrons. The van der Waals surface area contributed by atoms with E-state index in [9.17, 15) is 35.1 Å². The van der Waals surface area contributed by atoms with Crippen LogP contribution >= 0.6 is 0 Å². The fourth-order valence-corrected chi connectivity index (χ4v) is 3.51. The Balaban J connectivity index is 0.000000805. The zero-order valence-corrected chi connectivity index (χ0v) is 18.8. The van der Waals surface area contributed by atoms with Crippen LogP contribution in [0.4, 0.5) is 35.1 Å². The molecule has 0 bridgehead atoms. The molecule has 0 saturated heterocycles. The molecule has 0 saturated carbocycles. The van der Waals surface area contributed by atoms with E-state index in [1.807, 2.05) is 12.1 Å². The smallest absolute Gasteiger partial charge is 0.207 e. The molecule has 2 rings (SSSR count). The van der Waals surface area contributed by atoms with Crippen molar-refractivity contribution in [3.8, 4) is 0 Å². The average molecular weight is 470 g/mol. The van der Waals surface area contributed by atoms with Gasteiger partial charge in [0.15, 0.2) is 0 Å². The molecule has 8 heteroatoms. The lowest BCUT2D eigenvalue weighted by Crippen LogP contribution is -2.33. The van der Waals surface area contributed by atoms with Gasteiger partial charge in [0.05, 0.1) is 0 Å². The number of alkyl halides is 6. The minimum atomic E-state index is -4.00. The maximum Gasteiger partial charge on any atom is 0.386 e. The van der Waals surface area contributed by atoms with Crippen LogP contribution in [0.1, 0.15) is 65.0 Å². The zero-order chi connectivity index (χ0) is 25.2. The van der Waals surface area contributed by atoms with Gasteiger partial charge < -0.3 is 0 Å². The number of hydrogen-bond acceptors (Lipinski definition) is 0.